The largest absolute Gasteiger partial charge is 0.508 e. The van der Waals surface area contributed by atoms with Gasteiger partial charge in [0.15, 0.2) is 0 Å². The quantitative estimate of drug-likeness (QED) is 0.790. The summed E-state index contributed by atoms with van der Waals surface area (Å²) in [6, 6.07) is 11.5. The fourth-order valence-electron chi connectivity index (χ4n) is 1.73. The topological polar surface area (TPSA) is 69.6 Å². The lowest BCUT2D eigenvalue weighted by atomic mass is 10.1. The number of aromatic hydroxyl groups is 2. The lowest BCUT2D eigenvalue weighted by molar-refractivity contribution is 0.0950. The van der Waals surface area contributed by atoms with Crippen molar-refractivity contribution < 1.29 is 15.0 Å². The zero-order valence-electron chi connectivity index (χ0n) is 10.6. The van der Waals surface area contributed by atoms with E-state index in [1.807, 2.05) is 0 Å². The molecule has 2 rings (SSSR count). The van der Waals surface area contributed by atoms with E-state index in [4.69, 9.17) is 0 Å². The second-order valence-corrected chi connectivity index (χ2v) is 4.31. The summed E-state index contributed by atoms with van der Waals surface area (Å²) in [5, 5.41) is 21.7. The van der Waals surface area contributed by atoms with Crippen molar-refractivity contribution in [3.8, 4) is 11.5 Å². The van der Waals surface area contributed by atoms with Gasteiger partial charge in [0.1, 0.15) is 11.5 Å². The molecule has 0 aliphatic carbocycles. The minimum absolute atomic E-state index is 0.157. The molecule has 0 aliphatic rings. The summed E-state index contributed by atoms with van der Waals surface area (Å²) in [7, 11) is 0. The molecule has 1 amide bonds. The van der Waals surface area contributed by atoms with Gasteiger partial charge in [-0.25, -0.2) is 0 Å². The van der Waals surface area contributed by atoms with Crippen LogP contribution in [0.4, 0.5) is 0 Å². The summed E-state index contributed by atoms with van der Waals surface area (Å²) in [4.78, 5) is 11.9. The van der Waals surface area contributed by atoms with Crippen LogP contribution in [0.1, 0.15) is 21.5 Å². The van der Waals surface area contributed by atoms with E-state index in [0.29, 0.717) is 16.7 Å². The maximum atomic E-state index is 11.9. The number of phenolic OH excluding ortho intramolecular Hbond substituents is 2. The van der Waals surface area contributed by atoms with E-state index >= 15 is 0 Å². The Balaban J connectivity index is 2.05. The first-order chi connectivity index (χ1) is 9.08. The summed E-state index contributed by atoms with van der Waals surface area (Å²) in [5.41, 5.74) is 1.78. The predicted octanol–water partition coefficient (Wildman–Crippen LogP) is 2.34. The first-order valence-electron chi connectivity index (χ1n) is 5.92. The molecule has 2 aromatic rings. The minimum atomic E-state index is -0.244. The molecule has 0 radical (unpaired) electrons. The molecule has 0 bridgehead atoms. The van der Waals surface area contributed by atoms with Gasteiger partial charge < -0.3 is 15.5 Å². The predicted molar refractivity (Wildman–Crippen MR) is 72.1 cm³/mol. The Labute approximate surface area is 111 Å². The number of amides is 1. The SMILES string of the molecule is Cc1cc(C(=O)NCc2ccccc2O)ccc1O. The van der Waals surface area contributed by atoms with Crippen LogP contribution in [0.5, 0.6) is 11.5 Å². The average Bonchev–Trinajstić information content (AvgIpc) is 2.40. The molecule has 19 heavy (non-hydrogen) atoms. The highest BCUT2D eigenvalue weighted by atomic mass is 16.3. The smallest absolute Gasteiger partial charge is 0.251 e. The Morgan fingerprint density at radius 3 is 2.53 bits per heavy atom. The maximum absolute atomic E-state index is 11.9. The number of benzene rings is 2. The number of rotatable bonds is 3. The molecule has 98 valence electrons. The fourth-order valence-corrected chi connectivity index (χ4v) is 1.73. The van der Waals surface area contributed by atoms with Crippen molar-refractivity contribution >= 4 is 5.91 Å². The van der Waals surface area contributed by atoms with E-state index in [0.717, 1.165) is 0 Å². The summed E-state index contributed by atoms with van der Waals surface area (Å²) in [6.07, 6.45) is 0. The van der Waals surface area contributed by atoms with Crippen LogP contribution in [0.25, 0.3) is 0 Å². The summed E-state index contributed by atoms with van der Waals surface area (Å²) in [5.74, 6) is 0.0771. The monoisotopic (exact) mass is 257 g/mol. The molecule has 4 heteroatoms. The van der Waals surface area contributed by atoms with Gasteiger partial charge >= 0.3 is 0 Å². The van der Waals surface area contributed by atoms with Gasteiger partial charge in [-0.3, -0.25) is 4.79 Å². The first kappa shape index (κ1) is 13.0. The van der Waals surface area contributed by atoms with Crippen molar-refractivity contribution in [1.29, 1.82) is 0 Å². The minimum Gasteiger partial charge on any atom is -0.508 e. The molecule has 0 fully saturated rings. The van der Waals surface area contributed by atoms with Crippen molar-refractivity contribution in [2.24, 2.45) is 0 Å². The maximum Gasteiger partial charge on any atom is 0.251 e. The van der Waals surface area contributed by atoms with E-state index in [2.05, 4.69) is 5.32 Å². The van der Waals surface area contributed by atoms with Gasteiger partial charge in [-0.1, -0.05) is 18.2 Å². The van der Waals surface area contributed by atoms with Gasteiger partial charge in [-0.15, -0.1) is 0 Å². The molecule has 0 unspecified atom stereocenters. The van der Waals surface area contributed by atoms with E-state index < -0.39 is 0 Å². The van der Waals surface area contributed by atoms with Crippen LogP contribution in [0, 0.1) is 6.92 Å². The number of para-hydroxylation sites is 1. The summed E-state index contributed by atoms with van der Waals surface area (Å²) >= 11 is 0. The molecule has 0 atom stereocenters. The molecular weight excluding hydrogens is 242 g/mol. The molecule has 0 saturated heterocycles. The Morgan fingerprint density at radius 1 is 1.11 bits per heavy atom. The van der Waals surface area contributed by atoms with Crippen molar-refractivity contribution in [2.75, 3.05) is 0 Å². The van der Waals surface area contributed by atoms with Crippen molar-refractivity contribution in [3.63, 3.8) is 0 Å². The van der Waals surface area contributed by atoms with Gasteiger partial charge in [0.25, 0.3) is 5.91 Å². The summed E-state index contributed by atoms with van der Waals surface area (Å²) in [6.45, 7) is 1.99. The molecule has 3 N–H and O–H groups in total. The molecule has 0 aromatic heterocycles. The van der Waals surface area contributed by atoms with Gasteiger partial charge in [-0.2, -0.15) is 0 Å². The lowest BCUT2D eigenvalue weighted by Gasteiger charge is -2.08. The van der Waals surface area contributed by atoms with E-state index in [1.54, 1.807) is 43.3 Å². The average molecular weight is 257 g/mol. The van der Waals surface area contributed by atoms with Gasteiger partial charge in [0, 0.05) is 17.7 Å². The number of carbonyl (C=O) groups excluding carboxylic acids is 1. The molecule has 0 spiro atoms. The van der Waals surface area contributed by atoms with Crippen LogP contribution in [0.15, 0.2) is 42.5 Å². The second-order valence-electron chi connectivity index (χ2n) is 4.31. The Kier molecular flexibility index (Phi) is 3.71. The van der Waals surface area contributed by atoms with Crippen LogP contribution in [-0.2, 0) is 6.54 Å². The lowest BCUT2D eigenvalue weighted by Crippen LogP contribution is -2.22. The number of nitrogens with one attached hydrogen (secondary N) is 1. The number of carbonyl (C=O) groups is 1. The van der Waals surface area contributed by atoms with Crippen molar-refractivity contribution in [2.45, 2.75) is 13.5 Å². The van der Waals surface area contributed by atoms with Crippen molar-refractivity contribution in [1.82, 2.24) is 5.32 Å². The Hall–Kier alpha value is -2.49. The zero-order chi connectivity index (χ0) is 13.8. The molecule has 4 nitrogen and oxygen atoms in total. The molecule has 0 aliphatic heterocycles. The standard InChI is InChI=1S/C15H15NO3/c1-10-8-11(6-7-13(10)17)15(19)16-9-12-4-2-3-5-14(12)18/h2-8,17-18H,9H2,1H3,(H,16,19). The number of aryl methyl sites for hydroxylation is 1. The fraction of sp³-hybridized carbons (Fsp3) is 0.133. The third-order valence-electron chi connectivity index (χ3n) is 2.89. The first-order valence-corrected chi connectivity index (χ1v) is 5.92. The van der Waals surface area contributed by atoms with E-state index in [1.165, 1.54) is 6.07 Å². The Bertz CT molecular complexity index is 608. The molecule has 0 heterocycles. The highest BCUT2D eigenvalue weighted by molar-refractivity contribution is 5.94. The van der Waals surface area contributed by atoms with Crippen molar-refractivity contribution in [3.05, 3.63) is 59.2 Å². The second kappa shape index (κ2) is 5.44. The zero-order valence-corrected chi connectivity index (χ0v) is 10.6. The highest BCUT2D eigenvalue weighted by Gasteiger charge is 2.08. The Morgan fingerprint density at radius 2 is 1.84 bits per heavy atom. The normalized spacial score (nSPS) is 10.2. The molecular formula is C15H15NO3. The summed E-state index contributed by atoms with van der Waals surface area (Å²) < 4.78 is 0. The number of hydrogen-bond donors (Lipinski definition) is 3. The van der Waals surface area contributed by atoms with Crippen LogP contribution >= 0.6 is 0 Å². The molecule has 0 saturated carbocycles. The van der Waals surface area contributed by atoms with Crippen LogP contribution < -0.4 is 5.32 Å². The van der Waals surface area contributed by atoms with Crippen LogP contribution in [0.3, 0.4) is 0 Å². The van der Waals surface area contributed by atoms with E-state index in [-0.39, 0.29) is 24.0 Å². The number of phenols is 2. The van der Waals surface area contributed by atoms with Crippen LogP contribution in [-0.4, -0.2) is 16.1 Å². The third kappa shape index (κ3) is 3.04. The molecule has 2 aromatic carbocycles. The highest BCUT2D eigenvalue weighted by Crippen LogP contribution is 2.18. The van der Waals surface area contributed by atoms with Gasteiger partial charge in [-0.05, 0) is 36.8 Å². The van der Waals surface area contributed by atoms with Gasteiger partial charge in [0.2, 0.25) is 0 Å². The third-order valence-corrected chi connectivity index (χ3v) is 2.89. The van der Waals surface area contributed by atoms with E-state index in [9.17, 15) is 15.0 Å². The van der Waals surface area contributed by atoms with Crippen LogP contribution in [0.2, 0.25) is 0 Å². The van der Waals surface area contributed by atoms with Gasteiger partial charge in [0.05, 0.1) is 0 Å². The number of hydrogen-bond acceptors (Lipinski definition) is 3.